The Morgan fingerprint density at radius 1 is 1.00 bits per heavy atom. The average molecular weight is 386 g/mol. The van der Waals surface area contributed by atoms with Crippen LogP contribution in [0.2, 0.25) is 0 Å². The van der Waals surface area contributed by atoms with E-state index in [0.29, 0.717) is 24.1 Å². The summed E-state index contributed by atoms with van der Waals surface area (Å²) in [5.74, 6) is 1.93. The lowest BCUT2D eigenvalue weighted by molar-refractivity contribution is -0.118. The topological polar surface area (TPSA) is 69.7 Å². The molecule has 0 aliphatic rings. The summed E-state index contributed by atoms with van der Waals surface area (Å²) >= 11 is 1.41. The molecular weight excluding hydrogens is 364 g/mol. The number of carbonyl (C=O) groups excluding carboxylic acids is 1. The SMILES string of the molecule is CCCOc1ccc2nc(NC(=O)COc3ccc(OCC)cc3)sc2c1. The molecule has 0 radical (unpaired) electrons. The van der Waals surface area contributed by atoms with Gasteiger partial charge in [-0.15, -0.1) is 0 Å². The molecule has 1 heterocycles. The van der Waals surface area contributed by atoms with Gasteiger partial charge in [0.25, 0.3) is 5.91 Å². The van der Waals surface area contributed by atoms with Crippen LogP contribution < -0.4 is 19.5 Å². The van der Waals surface area contributed by atoms with E-state index in [0.717, 1.165) is 28.1 Å². The second-order valence-electron chi connectivity index (χ2n) is 5.74. The zero-order valence-corrected chi connectivity index (χ0v) is 16.2. The molecule has 1 amide bonds. The first-order valence-corrected chi connectivity index (χ1v) is 9.68. The van der Waals surface area contributed by atoms with Crippen LogP contribution in [0.1, 0.15) is 20.3 Å². The second-order valence-corrected chi connectivity index (χ2v) is 6.77. The van der Waals surface area contributed by atoms with Crippen molar-refractivity contribution >= 4 is 32.6 Å². The Hall–Kier alpha value is -2.80. The number of hydrogen-bond donors (Lipinski definition) is 1. The van der Waals surface area contributed by atoms with Crippen molar-refractivity contribution < 1.29 is 19.0 Å². The highest BCUT2D eigenvalue weighted by Gasteiger charge is 2.09. The van der Waals surface area contributed by atoms with Crippen LogP contribution in [-0.2, 0) is 4.79 Å². The standard InChI is InChI=1S/C20H22N2O4S/c1-3-11-25-16-9-10-17-18(12-16)27-20(21-17)22-19(23)13-26-15-7-5-14(6-8-15)24-4-2/h5-10,12H,3-4,11,13H2,1-2H3,(H,21,22,23). The molecule has 0 fully saturated rings. The molecule has 3 rings (SSSR count). The van der Waals surface area contributed by atoms with E-state index < -0.39 is 0 Å². The molecule has 27 heavy (non-hydrogen) atoms. The summed E-state index contributed by atoms with van der Waals surface area (Å²) in [7, 11) is 0. The molecule has 7 heteroatoms. The summed E-state index contributed by atoms with van der Waals surface area (Å²) in [5, 5.41) is 3.31. The van der Waals surface area contributed by atoms with Gasteiger partial charge in [0.15, 0.2) is 11.7 Å². The molecule has 0 unspecified atom stereocenters. The number of anilines is 1. The highest BCUT2D eigenvalue weighted by Crippen LogP contribution is 2.29. The normalized spacial score (nSPS) is 10.6. The number of benzene rings is 2. The van der Waals surface area contributed by atoms with E-state index in [4.69, 9.17) is 14.2 Å². The van der Waals surface area contributed by atoms with Gasteiger partial charge < -0.3 is 14.2 Å². The molecule has 0 saturated heterocycles. The van der Waals surface area contributed by atoms with Gasteiger partial charge >= 0.3 is 0 Å². The lowest BCUT2D eigenvalue weighted by Gasteiger charge is -2.07. The number of nitrogens with one attached hydrogen (secondary N) is 1. The molecule has 1 N–H and O–H groups in total. The van der Waals surface area contributed by atoms with Crippen molar-refractivity contribution in [1.29, 1.82) is 0 Å². The number of thiazole rings is 1. The summed E-state index contributed by atoms with van der Waals surface area (Å²) < 4.78 is 17.5. The van der Waals surface area contributed by atoms with Crippen molar-refractivity contribution in [1.82, 2.24) is 4.98 Å². The van der Waals surface area contributed by atoms with Gasteiger partial charge in [-0.1, -0.05) is 18.3 Å². The van der Waals surface area contributed by atoms with Crippen molar-refractivity contribution in [2.75, 3.05) is 25.1 Å². The third-order valence-corrected chi connectivity index (χ3v) is 4.52. The summed E-state index contributed by atoms with van der Waals surface area (Å²) in [6, 6.07) is 12.9. The van der Waals surface area contributed by atoms with Gasteiger partial charge in [0.1, 0.15) is 17.2 Å². The summed E-state index contributed by atoms with van der Waals surface area (Å²) in [5.41, 5.74) is 0.826. The number of amides is 1. The molecule has 0 saturated carbocycles. The molecule has 0 atom stereocenters. The number of fused-ring (bicyclic) bond motifs is 1. The minimum Gasteiger partial charge on any atom is -0.494 e. The summed E-state index contributed by atoms with van der Waals surface area (Å²) in [6.45, 7) is 5.19. The van der Waals surface area contributed by atoms with Gasteiger partial charge in [0.2, 0.25) is 0 Å². The molecule has 0 bridgehead atoms. The maximum absolute atomic E-state index is 12.1. The van der Waals surface area contributed by atoms with E-state index in [9.17, 15) is 4.79 Å². The van der Waals surface area contributed by atoms with Gasteiger partial charge in [-0.05, 0) is 55.8 Å². The maximum Gasteiger partial charge on any atom is 0.264 e. The van der Waals surface area contributed by atoms with E-state index in [2.05, 4.69) is 17.2 Å². The van der Waals surface area contributed by atoms with Gasteiger partial charge in [-0.2, -0.15) is 0 Å². The molecule has 0 spiro atoms. The zero-order valence-electron chi connectivity index (χ0n) is 15.4. The Bertz CT molecular complexity index is 893. The average Bonchev–Trinajstić information content (AvgIpc) is 3.07. The molecule has 2 aromatic carbocycles. The first kappa shape index (κ1) is 19.0. The van der Waals surface area contributed by atoms with Crippen molar-refractivity contribution in [3.05, 3.63) is 42.5 Å². The fraction of sp³-hybridized carbons (Fsp3) is 0.300. The van der Waals surface area contributed by atoms with Crippen LogP contribution in [0, 0.1) is 0 Å². The Morgan fingerprint density at radius 2 is 1.70 bits per heavy atom. The van der Waals surface area contributed by atoms with Crippen molar-refractivity contribution in [2.45, 2.75) is 20.3 Å². The number of ether oxygens (including phenoxy) is 3. The van der Waals surface area contributed by atoms with Crippen LogP contribution >= 0.6 is 11.3 Å². The van der Waals surface area contributed by atoms with Crippen LogP contribution in [0.4, 0.5) is 5.13 Å². The predicted octanol–water partition coefficient (Wildman–Crippen LogP) is 4.50. The van der Waals surface area contributed by atoms with Gasteiger partial charge in [0, 0.05) is 0 Å². The fourth-order valence-electron chi connectivity index (χ4n) is 2.37. The largest absolute Gasteiger partial charge is 0.494 e. The van der Waals surface area contributed by atoms with Crippen LogP contribution in [0.25, 0.3) is 10.2 Å². The molecule has 142 valence electrons. The lowest BCUT2D eigenvalue weighted by Crippen LogP contribution is -2.19. The Morgan fingerprint density at radius 3 is 2.41 bits per heavy atom. The van der Waals surface area contributed by atoms with E-state index in [-0.39, 0.29) is 12.5 Å². The van der Waals surface area contributed by atoms with Gasteiger partial charge in [0.05, 0.1) is 23.4 Å². The number of carbonyl (C=O) groups is 1. The van der Waals surface area contributed by atoms with Crippen molar-refractivity contribution in [3.63, 3.8) is 0 Å². The van der Waals surface area contributed by atoms with E-state index in [1.165, 1.54) is 11.3 Å². The number of rotatable bonds is 9. The number of nitrogens with zero attached hydrogens (tertiary/aromatic N) is 1. The smallest absolute Gasteiger partial charge is 0.264 e. The first-order valence-electron chi connectivity index (χ1n) is 8.87. The quantitative estimate of drug-likeness (QED) is 0.586. The predicted molar refractivity (Wildman–Crippen MR) is 107 cm³/mol. The molecule has 1 aromatic heterocycles. The Kier molecular flexibility index (Phi) is 6.49. The van der Waals surface area contributed by atoms with E-state index in [1.807, 2.05) is 37.3 Å². The zero-order chi connectivity index (χ0) is 19.1. The first-order chi connectivity index (χ1) is 13.2. The minimum absolute atomic E-state index is 0.0885. The van der Waals surface area contributed by atoms with E-state index >= 15 is 0 Å². The molecule has 6 nitrogen and oxygen atoms in total. The Labute approximate surface area is 162 Å². The minimum atomic E-state index is -0.259. The van der Waals surface area contributed by atoms with Crippen LogP contribution in [-0.4, -0.2) is 30.7 Å². The van der Waals surface area contributed by atoms with Crippen molar-refractivity contribution in [3.8, 4) is 17.2 Å². The van der Waals surface area contributed by atoms with Gasteiger partial charge in [-0.25, -0.2) is 4.98 Å². The fourth-order valence-corrected chi connectivity index (χ4v) is 3.28. The third kappa shape index (κ3) is 5.34. The van der Waals surface area contributed by atoms with Crippen LogP contribution in [0.3, 0.4) is 0 Å². The van der Waals surface area contributed by atoms with Crippen LogP contribution in [0.5, 0.6) is 17.2 Å². The number of hydrogen-bond acceptors (Lipinski definition) is 6. The number of aromatic nitrogens is 1. The maximum atomic E-state index is 12.1. The second kappa shape index (κ2) is 9.23. The van der Waals surface area contributed by atoms with Crippen molar-refractivity contribution in [2.24, 2.45) is 0 Å². The van der Waals surface area contributed by atoms with Gasteiger partial charge in [-0.3, -0.25) is 10.1 Å². The molecule has 0 aliphatic carbocycles. The lowest BCUT2D eigenvalue weighted by atomic mass is 10.3. The molecule has 0 aliphatic heterocycles. The molecular formula is C20H22N2O4S. The highest BCUT2D eigenvalue weighted by atomic mass is 32.1. The summed E-state index contributed by atoms with van der Waals surface area (Å²) in [4.78, 5) is 16.5. The monoisotopic (exact) mass is 386 g/mol. The third-order valence-electron chi connectivity index (χ3n) is 3.58. The van der Waals surface area contributed by atoms with E-state index in [1.54, 1.807) is 12.1 Å². The van der Waals surface area contributed by atoms with Crippen LogP contribution in [0.15, 0.2) is 42.5 Å². The highest BCUT2D eigenvalue weighted by molar-refractivity contribution is 7.22. The summed E-state index contributed by atoms with van der Waals surface area (Å²) in [6.07, 6.45) is 0.955. The molecule has 3 aromatic rings. The Balaban J connectivity index is 1.55.